The molecule has 34 heavy (non-hydrogen) atoms. The van der Waals surface area contributed by atoms with E-state index in [9.17, 15) is 8.42 Å². The number of piperidine rings is 1. The first kappa shape index (κ1) is 22.8. The molecule has 2 heterocycles. The normalized spacial score (nSPS) is 30.9. The molecule has 2 bridgehead atoms. The van der Waals surface area contributed by atoms with Gasteiger partial charge in [0.1, 0.15) is 5.75 Å². The van der Waals surface area contributed by atoms with Crippen LogP contribution in [-0.2, 0) is 26.6 Å². The third kappa shape index (κ3) is 3.95. The molecule has 0 spiro atoms. The molecule has 1 saturated carbocycles. The molecule has 8 heteroatoms. The fourth-order valence-corrected chi connectivity index (χ4v) is 7.78. The van der Waals surface area contributed by atoms with E-state index in [0.717, 1.165) is 44.0 Å². The molecule has 4 atom stereocenters. The average molecular weight is 503 g/mol. The molecular formula is C26H31ClN2O4S. The number of nitrogens with one attached hydrogen (secondary N) is 1. The zero-order valence-electron chi connectivity index (χ0n) is 19.4. The Bertz CT molecular complexity index is 1180. The highest BCUT2D eigenvalue weighted by Crippen LogP contribution is 2.52. The third-order valence-corrected chi connectivity index (χ3v) is 10.0. The lowest BCUT2D eigenvalue weighted by Gasteiger charge is -2.59. The van der Waals surface area contributed by atoms with Crippen molar-refractivity contribution in [1.82, 2.24) is 9.62 Å². The Morgan fingerprint density at radius 3 is 2.74 bits per heavy atom. The van der Waals surface area contributed by atoms with Gasteiger partial charge in [0.15, 0.2) is 0 Å². The number of benzene rings is 2. The fraction of sp³-hybridized carbons (Fsp3) is 0.538. The summed E-state index contributed by atoms with van der Waals surface area (Å²) in [6.07, 6.45) is 5.39. The van der Waals surface area contributed by atoms with E-state index < -0.39 is 10.0 Å². The molecule has 2 aliphatic carbocycles. The maximum absolute atomic E-state index is 13.1. The summed E-state index contributed by atoms with van der Waals surface area (Å²) < 4.78 is 41.4. The topological polar surface area (TPSA) is 67.9 Å². The third-order valence-electron chi connectivity index (χ3n) is 8.21. The van der Waals surface area contributed by atoms with Crippen molar-refractivity contribution in [3.05, 3.63) is 58.6 Å². The summed E-state index contributed by atoms with van der Waals surface area (Å²) >= 11 is 5.96. The molecule has 0 aromatic heterocycles. The van der Waals surface area contributed by atoms with Crippen molar-refractivity contribution in [2.45, 2.75) is 60.6 Å². The minimum Gasteiger partial charge on any atom is -0.497 e. The summed E-state index contributed by atoms with van der Waals surface area (Å²) in [5, 5.41) is 0.512. The van der Waals surface area contributed by atoms with Crippen molar-refractivity contribution in [2.24, 2.45) is 5.92 Å². The predicted molar refractivity (Wildman–Crippen MR) is 131 cm³/mol. The Hall–Kier alpha value is -1.64. The van der Waals surface area contributed by atoms with Gasteiger partial charge < -0.3 is 9.47 Å². The first-order chi connectivity index (χ1) is 16.4. The summed E-state index contributed by atoms with van der Waals surface area (Å²) in [5.74, 6) is 1.67. The standard InChI is InChI=1S/C26H31ClN2O4S/c1-32-21-7-4-18-12-24-25-26(23(18)13-21,10-11-29(24)15-17-2-3-17)14-20(16-33-25)28-34(30,31)22-8-5-19(27)6-9-22/h4-9,13,17,20,24-25,28H,2-3,10-12,14-16H2,1H3/t20?,24-,25?,26-/m0/s1. The van der Waals surface area contributed by atoms with E-state index in [1.807, 2.05) is 6.07 Å². The highest BCUT2D eigenvalue weighted by molar-refractivity contribution is 7.89. The second-order valence-corrected chi connectivity index (χ2v) is 12.5. The zero-order chi connectivity index (χ0) is 23.5. The molecule has 6 rings (SSSR count). The molecule has 6 nitrogen and oxygen atoms in total. The van der Waals surface area contributed by atoms with Crippen LogP contribution in [-0.4, -0.2) is 58.3 Å². The number of ether oxygens (including phenoxy) is 2. The zero-order valence-corrected chi connectivity index (χ0v) is 20.9. The number of hydrogen-bond donors (Lipinski definition) is 1. The Balaban J connectivity index is 1.33. The van der Waals surface area contributed by atoms with Gasteiger partial charge in [0.25, 0.3) is 0 Å². The van der Waals surface area contributed by atoms with Crippen LogP contribution in [0.5, 0.6) is 5.75 Å². The number of methoxy groups -OCH3 is 1. The van der Waals surface area contributed by atoms with E-state index in [0.29, 0.717) is 17.7 Å². The number of halogens is 1. The van der Waals surface area contributed by atoms with E-state index in [1.54, 1.807) is 31.4 Å². The summed E-state index contributed by atoms with van der Waals surface area (Å²) in [6.45, 7) is 2.55. The van der Waals surface area contributed by atoms with Gasteiger partial charge in [-0.05, 0) is 92.1 Å². The van der Waals surface area contributed by atoms with Gasteiger partial charge in [-0.15, -0.1) is 0 Å². The van der Waals surface area contributed by atoms with Crippen molar-refractivity contribution in [3.8, 4) is 5.75 Å². The molecule has 2 aliphatic heterocycles. The highest BCUT2D eigenvalue weighted by atomic mass is 35.5. The molecule has 4 aliphatic rings. The van der Waals surface area contributed by atoms with Crippen LogP contribution in [0.25, 0.3) is 0 Å². The van der Waals surface area contributed by atoms with E-state index in [1.165, 1.54) is 24.0 Å². The minimum absolute atomic E-state index is 0.0656. The molecule has 2 aromatic carbocycles. The number of hydrogen-bond acceptors (Lipinski definition) is 5. The van der Waals surface area contributed by atoms with E-state index in [2.05, 4.69) is 21.8 Å². The van der Waals surface area contributed by atoms with Crippen molar-refractivity contribution in [3.63, 3.8) is 0 Å². The molecule has 2 unspecified atom stereocenters. The van der Waals surface area contributed by atoms with Crippen LogP contribution in [0, 0.1) is 5.92 Å². The van der Waals surface area contributed by atoms with Crippen molar-refractivity contribution < 1.29 is 17.9 Å². The van der Waals surface area contributed by atoms with Crippen LogP contribution in [0.15, 0.2) is 47.4 Å². The van der Waals surface area contributed by atoms with E-state index >= 15 is 0 Å². The molecule has 3 fully saturated rings. The average Bonchev–Trinajstić information content (AvgIpc) is 3.64. The van der Waals surface area contributed by atoms with Gasteiger partial charge in [-0.3, -0.25) is 4.90 Å². The monoisotopic (exact) mass is 502 g/mol. The summed E-state index contributed by atoms with van der Waals surface area (Å²) in [7, 11) is -1.98. The Kier molecular flexibility index (Phi) is 5.69. The summed E-state index contributed by atoms with van der Waals surface area (Å²) in [5.41, 5.74) is 2.39. The van der Waals surface area contributed by atoms with Crippen LogP contribution >= 0.6 is 11.6 Å². The minimum atomic E-state index is -3.68. The van der Waals surface area contributed by atoms with Crippen LogP contribution < -0.4 is 9.46 Å². The molecule has 0 radical (unpaired) electrons. The van der Waals surface area contributed by atoms with Crippen LogP contribution in [0.1, 0.15) is 36.8 Å². The van der Waals surface area contributed by atoms with Gasteiger partial charge in [-0.25, -0.2) is 13.1 Å². The number of nitrogens with zero attached hydrogens (tertiary/aromatic N) is 1. The summed E-state index contributed by atoms with van der Waals surface area (Å²) in [4.78, 5) is 2.87. The molecule has 182 valence electrons. The first-order valence-electron chi connectivity index (χ1n) is 12.2. The van der Waals surface area contributed by atoms with Gasteiger partial charge in [0.05, 0.1) is 24.7 Å². The van der Waals surface area contributed by atoms with E-state index in [4.69, 9.17) is 21.1 Å². The number of fused-ring (bicyclic) bond motifs is 1. The van der Waals surface area contributed by atoms with Gasteiger partial charge in [-0.1, -0.05) is 17.7 Å². The maximum Gasteiger partial charge on any atom is 0.240 e. The molecule has 2 saturated heterocycles. The maximum atomic E-state index is 13.1. The van der Waals surface area contributed by atoms with Crippen molar-refractivity contribution >= 4 is 21.6 Å². The number of rotatable bonds is 6. The van der Waals surface area contributed by atoms with E-state index in [-0.39, 0.29) is 22.5 Å². The lowest BCUT2D eigenvalue weighted by atomic mass is 9.58. The second-order valence-electron chi connectivity index (χ2n) is 10.4. The molecule has 0 amide bonds. The van der Waals surface area contributed by atoms with Crippen LogP contribution in [0.3, 0.4) is 0 Å². The first-order valence-corrected chi connectivity index (χ1v) is 14.0. The highest BCUT2D eigenvalue weighted by Gasteiger charge is 2.57. The predicted octanol–water partition coefficient (Wildman–Crippen LogP) is 3.76. The summed E-state index contributed by atoms with van der Waals surface area (Å²) in [6, 6.07) is 12.7. The quantitative estimate of drug-likeness (QED) is 0.651. The lowest BCUT2D eigenvalue weighted by molar-refractivity contribution is -0.135. The molecular weight excluding hydrogens is 472 g/mol. The molecule has 2 aromatic rings. The van der Waals surface area contributed by atoms with Gasteiger partial charge in [0.2, 0.25) is 10.0 Å². The van der Waals surface area contributed by atoms with Crippen LogP contribution in [0.2, 0.25) is 5.02 Å². The van der Waals surface area contributed by atoms with Gasteiger partial charge in [0, 0.05) is 29.1 Å². The Morgan fingerprint density at radius 1 is 1.21 bits per heavy atom. The Labute approximate surface area is 206 Å². The molecule has 1 N–H and O–H groups in total. The SMILES string of the molecule is COc1ccc2c(c1)[C@@]13CCN(CC4CC4)[C@@H](C2)C1OCC(NS(=O)(=O)c1ccc(Cl)cc1)C3. The largest absolute Gasteiger partial charge is 0.497 e. The fourth-order valence-electron chi connectivity index (χ4n) is 6.44. The van der Waals surface area contributed by atoms with Crippen LogP contribution in [0.4, 0.5) is 0 Å². The Morgan fingerprint density at radius 2 is 2.00 bits per heavy atom. The second kappa shape index (κ2) is 8.49. The lowest BCUT2D eigenvalue weighted by Crippen LogP contribution is -2.68. The smallest absolute Gasteiger partial charge is 0.240 e. The number of sulfonamides is 1. The van der Waals surface area contributed by atoms with Crippen molar-refractivity contribution in [2.75, 3.05) is 26.8 Å². The van der Waals surface area contributed by atoms with Crippen molar-refractivity contribution in [1.29, 1.82) is 0 Å². The van der Waals surface area contributed by atoms with Gasteiger partial charge in [-0.2, -0.15) is 0 Å². The number of likely N-dealkylation sites (tertiary alicyclic amines) is 1. The van der Waals surface area contributed by atoms with Gasteiger partial charge >= 0.3 is 0 Å².